The number of para-hydroxylation sites is 3. The van der Waals surface area contributed by atoms with Crippen LogP contribution in [0.15, 0.2) is 42.5 Å². The molecule has 0 bridgehead atoms. The molecule has 1 aliphatic rings. The number of fused-ring (bicyclic) bond motifs is 1. The van der Waals surface area contributed by atoms with E-state index < -0.39 is 6.10 Å². The van der Waals surface area contributed by atoms with Crippen LogP contribution in [-0.2, 0) is 9.59 Å². The van der Waals surface area contributed by atoms with E-state index in [0.717, 1.165) is 16.8 Å². The van der Waals surface area contributed by atoms with E-state index in [1.54, 1.807) is 11.8 Å². The normalized spacial score (nSPS) is 16.1. The van der Waals surface area contributed by atoms with Gasteiger partial charge in [-0.05, 0) is 43.0 Å². The Hall–Kier alpha value is -2.82. The van der Waals surface area contributed by atoms with Crippen LogP contribution < -0.4 is 15.0 Å². The van der Waals surface area contributed by atoms with Gasteiger partial charge in [-0.1, -0.05) is 44.2 Å². The average molecular weight is 366 g/mol. The predicted molar refractivity (Wildman–Crippen MR) is 107 cm³/mol. The maximum atomic E-state index is 12.6. The number of aryl methyl sites for hydroxylation is 1. The van der Waals surface area contributed by atoms with E-state index in [4.69, 9.17) is 4.74 Å². The lowest BCUT2D eigenvalue weighted by Gasteiger charge is -2.32. The molecule has 5 nitrogen and oxygen atoms in total. The Kier molecular flexibility index (Phi) is 5.49. The summed E-state index contributed by atoms with van der Waals surface area (Å²) in [5, 5.41) is 3.04. The molecule has 5 heteroatoms. The van der Waals surface area contributed by atoms with Gasteiger partial charge in [-0.25, -0.2) is 0 Å². The van der Waals surface area contributed by atoms with Crippen molar-refractivity contribution in [1.29, 1.82) is 0 Å². The van der Waals surface area contributed by atoms with Crippen LogP contribution in [-0.4, -0.2) is 24.5 Å². The maximum absolute atomic E-state index is 12.6. The lowest BCUT2D eigenvalue weighted by Crippen LogP contribution is -2.45. The van der Waals surface area contributed by atoms with Crippen LogP contribution in [0.4, 0.5) is 11.4 Å². The van der Waals surface area contributed by atoms with E-state index in [0.29, 0.717) is 23.9 Å². The van der Waals surface area contributed by atoms with Crippen molar-refractivity contribution in [3.8, 4) is 5.75 Å². The van der Waals surface area contributed by atoms with Crippen molar-refractivity contribution in [1.82, 2.24) is 0 Å². The summed E-state index contributed by atoms with van der Waals surface area (Å²) in [6.45, 7) is 8.25. The van der Waals surface area contributed by atoms with Gasteiger partial charge in [0.15, 0.2) is 6.10 Å². The predicted octanol–water partition coefficient (Wildman–Crippen LogP) is 4.26. The lowest BCUT2D eigenvalue weighted by molar-refractivity contribution is -0.125. The van der Waals surface area contributed by atoms with Crippen LogP contribution in [0.5, 0.6) is 5.75 Å². The fourth-order valence-electron chi connectivity index (χ4n) is 3.35. The van der Waals surface area contributed by atoms with Gasteiger partial charge in [0.2, 0.25) is 5.91 Å². The molecule has 0 spiro atoms. The van der Waals surface area contributed by atoms with Crippen LogP contribution >= 0.6 is 0 Å². The van der Waals surface area contributed by atoms with Crippen molar-refractivity contribution >= 4 is 23.2 Å². The zero-order valence-corrected chi connectivity index (χ0v) is 16.3. The Morgan fingerprint density at radius 3 is 2.67 bits per heavy atom. The fourth-order valence-corrected chi connectivity index (χ4v) is 3.35. The molecule has 1 N–H and O–H groups in total. The zero-order valence-electron chi connectivity index (χ0n) is 16.3. The highest BCUT2D eigenvalue weighted by Crippen LogP contribution is 2.34. The van der Waals surface area contributed by atoms with E-state index in [1.807, 2.05) is 49.4 Å². The third-order valence-corrected chi connectivity index (χ3v) is 4.83. The minimum atomic E-state index is -0.549. The summed E-state index contributed by atoms with van der Waals surface area (Å²) in [5.41, 5.74) is 3.74. The summed E-state index contributed by atoms with van der Waals surface area (Å²) in [5.74, 6) is 0.760. The van der Waals surface area contributed by atoms with E-state index in [1.165, 1.54) is 0 Å². The topological polar surface area (TPSA) is 58.6 Å². The number of hydrogen-bond acceptors (Lipinski definition) is 3. The number of carbonyl (C=O) groups excluding carboxylic acids is 2. The van der Waals surface area contributed by atoms with Crippen molar-refractivity contribution < 1.29 is 14.3 Å². The molecule has 142 valence electrons. The molecule has 1 unspecified atom stereocenters. The number of nitrogens with one attached hydrogen (secondary N) is 1. The van der Waals surface area contributed by atoms with E-state index in [2.05, 4.69) is 19.2 Å². The summed E-state index contributed by atoms with van der Waals surface area (Å²) in [6, 6.07) is 13.5. The number of nitrogens with zero attached hydrogens (tertiary/aromatic N) is 1. The molecule has 0 radical (unpaired) electrons. The molecule has 1 aliphatic heterocycles. The van der Waals surface area contributed by atoms with Gasteiger partial charge in [0.1, 0.15) is 5.75 Å². The first kappa shape index (κ1) is 19.0. The van der Waals surface area contributed by atoms with Gasteiger partial charge >= 0.3 is 0 Å². The van der Waals surface area contributed by atoms with Gasteiger partial charge < -0.3 is 15.0 Å². The molecule has 0 aromatic heterocycles. The number of hydrogen-bond donors (Lipinski definition) is 1. The summed E-state index contributed by atoms with van der Waals surface area (Å²) in [7, 11) is 0. The number of ether oxygens (including phenoxy) is 1. The quantitative estimate of drug-likeness (QED) is 0.860. The first-order valence-corrected chi connectivity index (χ1v) is 9.35. The second-order valence-corrected chi connectivity index (χ2v) is 7.21. The van der Waals surface area contributed by atoms with Gasteiger partial charge in [-0.15, -0.1) is 0 Å². The molecule has 2 amide bonds. The largest absolute Gasteiger partial charge is 0.479 e. The van der Waals surface area contributed by atoms with Crippen LogP contribution in [0.25, 0.3) is 0 Å². The Morgan fingerprint density at radius 2 is 1.93 bits per heavy atom. The Labute approximate surface area is 160 Å². The summed E-state index contributed by atoms with van der Waals surface area (Å²) in [6.07, 6.45) is -0.328. The first-order valence-electron chi connectivity index (χ1n) is 9.35. The Morgan fingerprint density at radius 1 is 1.19 bits per heavy atom. The van der Waals surface area contributed by atoms with Gasteiger partial charge in [0, 0.05) is 18.7 Å². The third-order valence-electron chi connectivity index (χ3n) is 4.83. The standard InChI is InChI=1S/C22H26N2O3/c1-14(2)17-9-7-8-15(3)21(17)23-20(25)12-13-24-18-10-5-6-11-19(18)27-16(4)22(24)26/h5-11,14,16H,12-13H2,1-4H3,(H,23,25). The van der Waals surface area contributed by atoms with Crippen LogP contribution in [0.1, 0.15) is 44.2 Å². The Bertz CT molecular complexity index is 860. The van der Waals surface area contributed by atoms with Gasteiger partial charge in [0.05, 0.1) is 5.69 Å². The highest BCUT2D eigenvalue weighted by atomic mass is 16.5. The SMILES string of the molecule is Cc1cccc(C(C)C)c1NC(=O)CCN1C(=O)C(C)Oc2ccccc21. The molecule has 0 aliphatic carbocycles. The molecule has 0 saturated heterocycles. The number of rotatable bonds is 5. The minimum absolute atomic E-state index is 0.101. The number of anilines is 2. The average Bonchev–Trinajstić information content (AvgIpc) is 2.63. The lowest BCUT2D eigenvalue weighted by atomic mass is 9.98. The van der Waals surface area contributed by atoms with Crippen molar-refractivity contribution in [2.75, 3.05) is 16.8 Å². The van der Waals surface area contributed by atoms with Crippen LogP contribution in [0.3, 0.4) is 0 Å². The molecule has 0 saturated carbocycles. The van der Waals surface area contributed by atoms with E-state index >= 15 is 0 Å². The molecule has 1 atom stereocenters. The maximum Gasteiger partial charge on any atom is 0.267 e. The molecule has 2 aromatic rings. The molecule has 3 rings (SSSR count). The molecular formula is C22H26N2O3. The zero-order chi connectivity index (χ0) is 19.6. The summed E-state index contributed by atoms with van der Waals surface area (Å²) < 4.78 is 5.64. The number of carbonyl (C=O) groups is 2. The van der Waals surface area contributed by atoms with Crippen molar-refractivity contribution in [2.45, 2.75) is 46.1 Å². The highest BCUT2D eigenvalue weighted by molar-refractivity contribution is 6.01. The summed E-state index contributed by atoms with van der Waals surface area (Å²) >= 11 is 0. The van der Waals surface area contributed by atoms with E-state index in [9.17, 15) is 9.59 Å². The molecule has 1 heterocycles. The molecular weight excluding hydrogens is 340 g/mol. The summed E-state index contributed by atoms with van der Waals surface area (Å²) in [4.78, 5) is 26.8. The molecule has 2 aromatic carbocycles. The second-order valence-electron chi connectivity index (χ2n) is 7.21. The van der Waals surface area contributed by atoms with Crippen molar-refractivity contribution in [3.05, 3.63) is 53.6 Å². The fraction of sp³-hybridized carbons (Fsp3) is 0.364. The van der Waals surface area contributed by atoms with Gasteiger partial charge in [-0.3, -0.25) is 9.59 Å². The molecule has 27 heavy (non-hydrogen) atoms. The Balaban J connectivity index is 1.73. The third kappa shape index (κ3) is 3.97. The monoisotopic (exact) mass is 366 g/mol. The van der Waals surface area contributed by atoms with Crippen LogP contribution in [0.2, 0.25) is 0 Å². The number of amides is 2. The van der Waals surface area contributed by atoms with Crippen molar-refractivity contribution in [2.24, 2.45) is 0 Å². The number of benzene rings is 2. The molecule has 0 fully saturated rings. The highest BCUT2D eigenvalue weighted by Gasteiger charge is 2.31. The van der Waals surface area contributed by atoms with Gasteiger partial charge in [0.25, 0.3) is 5.91 Å². The smallest absolute Gasteiger partial charge is 0.267 e. The second kappa shape index (κ2) is 7.82. The van der Waals surface area contributed by atoms with Crippen LogP contribution in [0, 0.1) is 6.92 Å². The van der Waals surface area contributed by atoms with E-state index in [-0.39, 0.29) is 18.2 Å². The van der Waals surface area contributed by atoms with Gasteiger partial charge in [-0.2, -0.15) is 0 Å². The van der Waals surface area contributed by atoms with Crippen molar-refractivity contribution in [3.63, 3.8) is 0 Å². The minimum Gasteiger partial charge on any atom is -0.479 e. The first-order chi connectivity index (χ1) is 12.9.